The van der Waals surface area contributed by atoms with Gasteiger partial charge in [0.15, 0.2) is 11.5 Å². The molecule has 2 aromatic carbocycles. The second-order valence-electron chi connectivity index (χ2n) is 6.39. The molecule has 3 rings (SSSR count). The topological polar surface area (TPSA) is 111 Å². The van der Waals surface area contributed by atoms with Gasteiger partial charge in [-0.2, -0.15) is 5.10 Å². The van der Waals surface area contributed by atoms with Crippen LogP contribution >= 0.6 is 0 Å². The van der Waals surface area contributed by atoms with Crippen LogP contribution in [0.4, 0.5) is 5.69 Å². The Balaban J connectivity index is 1.56. The number of aromatic nitrogens is 1. The van der Waals surface area contributed by atoms with Gasteiger partial charge in [-0.1, -0.05) is 12.1 Å². The smallest absolute Gasteiger partial charge is 0.345 e. The Morgan fingerprint density at radius 2 is 1.81 bits per heavy atom. The normalized spacial score (nSPS) is 10.4. The Bertz CT molecular complexity index is 1100. The summed E-state index contributed by atoms with van der Waals surface area (Å²) in [6.07, 6.45) is 4.44. The molecule has 0 spiro atoms. The van der Waals surface area contributed by atoms with Gasteiger partial charge >= 0.3 is 5.97 Å². The third-order valence-corrected chi connectivity index (χ3v) is 4.24. The van der Waals surface area contributed by atoms with Crippen molar-refractivity contribution in [2.24, 2.45) is 5.10 Å². The fourth-order valence-electron chi connectivity index (χ4n) is 2.68. The van der Waals surface area contributed by atoms with Gasteiger partial charge < -0.3 is 19.5 Å². The molecule has 0 saturated carbocycles. The van der Waals surface area contributed by atoms with Crippen LogP contribution in [-0.2, 0) is 4.79 Å². The lowest BCUT2D eigenvalue weighted by Crippen LogP contribution is -2.26. The van der Waals surface area contributed by atoms with E-state index in [-0.39, 0.29) is 18.2 Å². The van der Waals surface area contributed by atoms with Crippen molar-refractivity contribution in [2.45, 2.75) is 0 Å². The van der Waals surface area contributed by atoms with E-state index in [1.807, 2.05) is 18.2 Å². The minimum atomic E-state index is -0.548. The maximum absolute atomic E-state index is 12.2. The number of nitrogens with one attached hydrogen (secondary N) is 2. The number of hydrazone groups is 1. The number of benzene rings is 2. The zero-order valence-corrected chi connectivity index (χ0v) is 17.6. The van der Waals surface area contributed by atoms with Crippen LogP contribution in [0.15, 0.2) is 72.1 Å². The largest absolute Gasteiger partial charge is 0.495 e. The first-order valence-electron chi connectivity index (χ1n) is 9.59. The van der Waals surface area contributed by atoms with Crippen LogP contribution in [0, 0.1) is 0 Å². The highest BCUT2D eigenvalue weighted by molar-refractivity contribution is 5.91. The number of ether oxygens (including phenoxy) is 3. The van der Waals surface area contributed by atoms with Gasteiger partial charge in [-0.15, -0.1) is 0 Å². The van der Waals surface area contributed by atoms with Crippen molar-refractivity contribution in [1.82, 2.24) is 10.4 Å². The van der Waals surface area contributed by atoms with Crippen LogP contribution in [-0.4, -0.2) is 43.8 Å². The number of amides is 1. The molecule has 0 unspecified atom stereocenters. The lowest BCUT2D eigenvalue weighted by Gasteiger charge is -2.10. The van der Waals surface area contributed by atoms with E-state index in [0.717, 1.165) is 0 Å². The highest BCUT2D eigenvalue weighted by Crippen LogP contribution is 2.28. The minimum Gasteiger partial charge on any atom is -0.495 e. The molecule has 164 valence electrons. The van der Waals surface area contributed by atoms with E-state index >= 15 is 0 Å². The van der Waals surface area contributed by atoms with Crippen molar-refractivity contribution in [3.8, 4) is 17.2 Å². The molecular weight excluding hydrogens is 412 g/mol. The van der Waals surface area contributed by atoms with Crippen molar-refractivity contribution in [2.75, 3.05) is 26.1 Å². The van der Waals surface area contributed by atoms with E-state index in [9.17, 15) is 9.59 Å². The highest BCUT2D eigenvalue weighted by Gasteiger charge is 2.13. The SMILES string of the molecule is COc1ccccc1NCC(=O)N/N=C\c1ccc(OC(=O)c2cccnc2)c(OC)c1. The molecule has 0 aliphatic carbocycles. The molecular formula is C23H22N4O5. The Labute approximate surface area is 185 Å². The summed E-state index contributed by atoms with van der Waals surface area (Å²) in [6, 6.07) is 15.4. The van der Waals surface area contributed by atoms with Crippen LogP contribution in [0.3, 0.4) is 0 Å². The van der Waals surface area contributed by atoms with Gasteiger partial charge in [0.05, 0.1) is 38.2 Å². The average Bonchev–Trinajstić information content (AvgIpc) is 2.84. The quantitative estimate of drug-likeness (QED) is 0.231. The van der Waals surface area contributed by atoms with Gasteiger partial charge in [0.2, 0.25) is 0 Å². The molecule has 9 heteroatoms. The van der Waals surface area contributed by atoms with Gasteiger partial charge in [-0.25, -0.2) is 10.2 Å². The summed E-state index contributed by atoms with van der Waals surface area (Å²) < 4.78 is 15.9. The second-order valence-corrected chi connectivity index (χ2v) is 6.39. The Morgan fingerprint density at radius 3 is 2.56 bits per heavy atom. The van der Waals surface area contributed by atoms with Crippen LogP contribution in [0.25, 0.3) is 0 Å². The summed E-state index contributed by atoms with van der Waals surface area (Å²) in [5, 5.41) is 6.93. The van der Waals surface area contributed by atoms with E-state index in [2.05, 4.69) is 20.8 Å². The van der Waals surface area contributed by atoms with E-state index in [0.29, 0.717) is 28.3 Å². The molecule has 0 aliphatic heterocycles. The van der Waals surface area contributed by atoms with Gasteiger partial charge in [0.1, 0.15) is 5.75 Å². The molecule has 0 radical (unpaired) electrons. The van der Waals surface area contributed by atoms with Crippen molar-refractivity contribution in [1.29, 1.82) is 0 Å². The highest BCUT2D eigenvalue weighted by atomic mass is 16.6. The second kappa shape index (κ2) is 11.1. The third-order valence-electron chi connectivity index (χ3n) is 4.24. The van der Waals surface area contributed by atoms with Crippen LogP contribution in [0.5, 0.6) is 17.2 Å². The number of esters is 1. The molecule has 9 nitrogen and oxygen atoms in total. The summed E-state index contributed by atoms with van der Waals surface area (Å²) in [5.41, 5.74) is 4.11. The van der Waals surface area contributed by atoms with Crippen molar-refractivity contribution >= 4 is 23.8 Å². The van der Waals surface area contributed by atoms with Crippen molar-refractivity contribution < 1.29 is 23.8 Å². The molecule has 0 atom stereocenters. The van der Waals surface area contributed by atoms with E-state index < -0.39 is 5.97 Å². The zero-order chi connectivity index (χ0) is 22.8. The molecule has 32 heavy (non-hydrogen) atoms. The van der Waals surface area contributed by atoms with Gasteiger partial charge in [0, 0.05) is 12.4 Å². The number of carbonyl (C=O) groups is 2. The summed E-state index contributed by atoms with van der Waals surface area (Å²) in [4.78, 5) is 28.1. The monoisotopic (exact) mass is 434 g/mol. The maximum atomic E-state index is 12.2. The van der Waals surface area contributed by atoms with Crippen LogP contribution < -0.4 is 25.0 Å². The fraction of sp³-hybridized carbons (Fsp3) is 0.130. The van der Waals surface area contributed by atoms with E-state index in [1.165, 1.54) is 19.5 Å². The predicted molar refractivity (Wildman–Crippen MR) is 119 cm³/mol. The first-order valence-corrected chi connectivity index (χ1v) is 9.59. The summed E-state index contributed by atoms with van der Waals surface area (Å²) in [6.45, 7) is 0.0181. The first-order chi connectivity index (χ1) is 15.6. The van der Waals surface area contributed by atoms with Crippen LogP contribution in [0.2, 0.25) is 0 Å². The molecule has 0 bridgehead atoms. The van der Waals surface area contributed by atoms with Crippen molar-refractivity contribution in [3.63, 3.8) is 0 Å². The molecule has 0 aliphatic rings. The lowest BCUT2D eigenvalue weighted by atomic mass is 10.2. The van der Waals surface area contributed by atoms with Crippen molar-refractivity contribution in [3.05, 3.63) is 78.1 Å². The van der Waals surface area contributed by atoms with Crippen LogP contribution in [0.1, 0.15) is 15.9 Å². The predicted octanol–water partition coefficient (Wildman–Crippen LogP) is 2.88. The molecule has 0 fully saturated rings. The standard InChI is InChI=1S/C23H22N4O5/c1-30-19-8-4-3-7-18(19)25-15-22(28)27-26-13-16-9-10-20(21(12-16)31-2)32-23(29)17-6-5-11-24-14-17/h3-14,25H,15H2,1-2H3,(H,27,28)/b26-13-. The Morgan fingerprint density at radius 1 is 1.00 bits per heavy atom. The number of anilines is 1. The summed E-state index contributed by atoms with van der Waals surface area (Å²) in [7, 11) is 3.02. The van der Waals surface area contributed by atoms with Gasteiger partial charge in [-0.3, -0.25) is 9.78 Å². The number of rotatable bonds is 9. The lowest BCUT2D eigenvalue weighted by molar-refractivity contribution is -0.119. The average molecular weight is 434 g/mol. The number of carbonyl (C=O) groups excluding carboxylic acids is 2. The molecule has 3 aromatic rings. The van der Waals surface area contributed by atoms with Gasteiger partial charge in [0.25, 0.3) is 5.91 Å². The minimum absolute atomic E-state index is 0.0181. The Kier molecular flexibility index (Phi) is 7.74. The van der Waals surface area contributed by atoms with E-state index in [1.54, 1.807) is 49.7 Å². The number of pyridine rings is 1. The summed E-state index contributed by atoms with van der Waals surface area (Å²) in [5.74, 6) is 0.355. The number of hydrogen-bond donors (Lipinski definition) is 2. The number of hydrogen-bond acceptors (Lipinski definition) is 8. The first kappa shape index (κ1) is 22.3. The molecule has 2 N–H and O–H groups in total. The fourth-order valence-corrected chi connectivity index (χ4v) is 2.68. The van der Waals surface area contributed by atoms with Gasteiger partial charge in [-0.05, 0) is 48.0 Å². The third kappa shape index (κ3) is 6.05. The molecule has 1 aromatic heterocycles. The zero-order valence-electron chi connectivity index (χ0n) is 17.6. The summed E-state index contributed by atoms with van der Waals surface area (Å²) >= 11 is 0. The number of nitrogens with zero attached hydrogens (tertiary/aromatic N) is 2. The number of methoxy groups -OCH3 is 2. The Hall–Kier alpha value is -4.40. The van der Waals surface area contributed by atoms with E-state index in [4.69, 9.17) is 14.2 Å². The number of para-hydroxylation sites is 2. The molecule has 1 heterocycles. The molecule has 0 saturated heterocycles. The maximum Gasteiger partial charge on any atom is 0.345 e. The molecule has 1 amide bonds.